The summed E-state index contributed by atoms with van der Waals surface area (Å²) in [6.45, 7) is 2.63. The second kappa shape index (κ2) is 6.35. The van der Waals surface area contributed by atoms with Gasteiger partial charge in [0.25, 0.3) is 0 Å². The average Bonchev–Trinajstić information content (AvgIpc) is 2.30. The fraction of sp³-hybridized carbons (Fsp3) is 0.462. The quantitative estimate of drug-likeness (QED) is 0.856. The van der Waals surface area contributed by atoms with Crippen LogP contribution in [0.25, 0.3) is 0 Å². The molecule has 1 amide bonds. The summed E-state index contributed by atoms with van der Waals surface area (Å²) in [5, 5.41) is 2.94. The molecule has 2 rings (SSSR count). The maximum atomic E-state index is 11.8. The van der Waals surface area contributed by atoms with Crippen LogP contribution in [-0.2, 0) is 4.79 Å². The largest absolute Gasteiger partial charge is 0.325 e. The molecule has 0 atom stereocenters. The van der Waals surface area contributed by atoms with E-state index in [2.05, 4.69) is 32.8 Å². The number of carbonyl (C=O) groups is 1. The van der Waals surface area contributed by atoms with Gasteiger partial charge in [-0.1, -0.05) is 12.5 Å². The average molecular weight is 344 g/mol. The van der Waals surface area contributed by atoms with Crippen LogP contribution in [0.15, 0.2) is 24.3 Å². The van der Waals surface area contributed by atoms with Crippen molar-refractivity contribution in [2.45, 2.75) is 19.3 Å². The normalized spacial score (nSPS) is 16.8. The lowest BCUT2D eigenvalue weighted by Crippen LogP contribution is -2.36. The van der Waals surface area contributed by atoms with Gasteiger partial charge in [-0.25, -0.2) is 0 Å². The molecule has 1 heterocycles. The Kier molecular flexibility index (Phi) is 4.79. The van der Waals surface area contributed by atoms with Crippen LogP contribution in [0.2, 0.25) is 0 Å². The van der Waals surface area contributed by atoms with E-state index < -0.39 is 0 Å². The Labute approximate surface area is 116 Å². The Bertz CT molecular complexity index is 389. The first kappa shape index (κ1) is 12.8. The van der Waals surface area contributed by atoms with Crippen LogP contribution >= 0.6 is 22.6 Å². The van der Waals surface area contributed by atoms with Crippen molar-refractivity contribution in [3.05, 3.63) is 27.8 Å². The summed E-state index contributed by atoms with van der Waals surface area (Å²) in [4.78, 5) is 14.1. The van der Waals surface area contributed by atoms with Crippen molar-refractivity contribution >= 4 is 34.2 Å². The molecule has 17 heavy (non-hydrogen) atoms. The van der Waals surface area contributed by atoms with Gasteiger partial charge >= 0.3 is 0 Å². The first-order chi connectivity index (χ1) is 8.24. The number of rotatable bonds is 3. The Hall–Kier alpha value is -0.620. The van der Waals surface area contributed by atoms with E-state index in [9.17, 15) is 4.79 Å². The van der Waals surface area contributed by atoms with Crippen LogP contribution < -0.4 is 5.32 Å². The Morgan fingerprint density at radius 2 is 2.06 bits per heavy atom. The molecule has 0 aromatic heterocycles. The highest BCUT2D eigenvalue weighted by molar-refractivity contribution is 14.1. The van der Waals surface area contributed by atoms with E-state index in [-0.39, 0.29) is 5.91 Å². The molecule has 0 saturated carbocycles. The van der Waals surface area contributed by atoms with Gasteiger partial charge in [0.15, 0.2) is 0 Å². The summed E-state index contributed by atoms with van der Waals surface area (Å²) < 4.78 is 1.14. The lowest BCUT2D eigenvalue weighted by atomic mass is 10.1. The number of benzene rings is 1. The van der Waals surface area contributed by atoms with Gasteiger partial charge < -0.3 is 5.32 Å². The Morgan fingerprint density at radius 3 is 2.76 bits per heavy atom. The van der Waals surface area contributed by atoms with Crippen molar-refractivity contribution in [3.8, 4) is 0 Å². The number of carbonyl (C=O) groups excluding carboxylic acids is 1. The first-order valence-corrected chi connectivity index (χ1v) is 7.10. The zero-order valence-electron chi connectivity index (χ0n) is 9.79. The Morgan fingerprint density at radius 1 is 1.29 bits per heavy atom. The van der Waals surface area contributed by atoms with Crippen LogP contribution in [0.3, 0.4) is 0 Å². The van der Waals surface area contributed by atoms with Gasteiger partial charge in [-0.05, 0) is 66.7 Å². The van der Waals surface area contributed by atoms with Crippen LogP contribution in [-0.4, -0.2) is 30.4 Å². The predicted octanol–water partition coefficient (Wildman–Crippen LogP) is 2.72. The number of hydrogen-bond acceptors (Lipinski definition) is 2. The molecule has 0 bridgehead atoms. The van der Waals surface area contributed by atoms with Crippen molar-refractivity contribution in [1.29, 1.82) is 0 Å². The SMILES string of the molecule is O=C(CN1CCCCC1)Nc1cccc(I)c1. The highest BCUT2D eigenvalue weighted by Crippen LogP contribution is 2.13. The molecule has 0 radical (unpaired) electrons. The number of likely N-dealkylation sites (tertiary alicyclic amines) is 1. The van der Waals surface area contributed by atoms with Crippen LogP contribution in [0.5, 0.6) is 0 Å². The van der Waals surface area contributed by atoms with Gasteiger partial charge in [-0.15, -0.1) is 0 Å². The van der Waals surface area contributed by atoms with Gasteiger partial charge in [0, 0.05) is 9.26 Å². The summed E-state index contributed by atoms with van der Waals surface area (Å²) in [5.74, 6) is 0.0916. The number of nitrogens with one attached hydrogen (secondary N) is 1. The number of nitrogens with zero attached hydrogens (tertiary/aromatic N) is 1. The molecule has 1 aromatic carbocycles. The van der Waals surface area contributed by atoms with Gasteiger partial charge in [-0.3, -0.25) is 9.69 Å². The molecule has 1 aromatic rings. The molecule has 1 aliphatic rings. The summed E-state index contributed by atoms with van der Waals surface area (Å²) in [6, 6.07) is 7.88. The second-order valence-corrected chi connectivity index (χ2v) is 5.64. The van der Waals surface area contributed by atoms with E-state index >= 15 is 0 Å². The predicted molar refractivity (Wildman–Crippen MR) is 78.1 cm³/mol. The van der Waals surface area contributed by atoms with Crippen LogP contribution in [0, 0.1) is 3.57 Å². The van der Waals surface area contributed by atoms with Crippen molar-refractivity contribution in [2.75, 3.05) is 25.0 Å². The van der Waals surface area contributed by atoms with E-state index in [0.29, 0.717) is 6.54 Å². The number of amides is 1. The molecule has 1 fully saturated rings. The van der Waals surface area contributed by atoms with E-state index in [1.54, 1.807) is 0 Å². The highest BCUT2D eigenvalue weighted by Gasteiger charge is 2.13. The van der Waals surface area contributed by atoms with E-state index in [0.717, 1.165) is 22.3 Å². The van der Waals surface area contributed by atoms with E-state index in [4.69, 9.17) is 0 Å². The van der Waals surface area contributed by atoms with E-state index in [1.165, 1.54) is 19.3 Å². The van der Waals surface area contributed by atoms with Gasteiger partial charge in [0.1, 0.15) is 0 Å². The standard InChI is InChI=1S/C13H17IN2O/c14-11-5-4-6-12(9-11)15-13(17)10-16-7-2-1-3-8-16/h4-6,9H,1-3,7-8,10H2,(H,15,17). The minimum Gasteiger partial charge on any atom is -0.325 e. The topological polar surface area (TPSA) is 32.3 Å². The fourth-order valence-corrected chi connectivity index (χ4v) is 2.63. The van der Waals surface area contributed by atoms with Gasteiger partial charge in [0.05, 0.1) is 6.54 Å². The summed E-state index contributed by atoms with van der Waals surface area (Å²) >= 11 is 2.25. The summed E-state index contributed by atoms with van der Waals surface area (Å²) in [5.41, 5.74) is 0.888. The van der Waals surface area contributed by atoms with Crippen molar-refractivity contribution < 1.29 is 4.79 Å². The van der Waals surface area contributed by atoms with Gasteiger partial charge in [-0.2, -0.15) is 0 Å². The highest BCUT2D eigenvalue weighted by atomic mass is 127. The lowest BCUT2D eigenvalue weighted by Gasteiger charge is -2.25. The first-order valence-electron chi connectivity index (χ1n) is 6.02. The number of piperidine rings is 1. The zero-order chi connectivity index (χ0) is 12.1. The molecule has 0 aliphatic carbocycles. The minimum absolute atomic E-state index is 0.0916. The maximum Gasteiger partial charge on any atom is 0.238 e. The molecule has 1 N–H and O–H groups in total. The number of anilines is 1. The number of hydrogen-bond donors (Lipinski definition) is 1. The van der Waals surface area contributed by atoms with Crippen LogP contribution in [0.1, 0.15) is 19.3 Å². The number of halogens is 1. The van der Waals surface area contributed by atoms with Crippen molar-refractivity contribution in [2.24, 2.45) is 0 Å². The van der Waals surface area contributed by atoms with Crippen LogP contribution in [0.4, 0.5) is 5.69 Å². The summed E-state index contributed by atoms with van der Waals surface area (Å²) in [7, 11) is 0. The maximum absolute atomic E-state index is 11.8. The molecule has 0 unspecified atom stereocenters. The molecular weight excluding hydrogens is 327 g/mol. The third-order valence-corrected chi connectivity index (χ3v) is 3.60. The third kappa shape index (κ3) is 4.27. The lowest BCUT2D eigenvalue weighted by molar-refractivity contribution is -0.117. The molecule has 1 saturated heterocycles. The molecule has 1 aliphatic heterocycles. The van der Waals surface area contributed by atoms with Gasteiger partial charge in [0.2, 0.25) is 5.91 Å². The molecular formula is C13H17IN2O. The van der Waals surface area contributed by atoms with Crippen molar-refractivity contribution in [1.82, 2.24) is 4.90 Å². The second-order valence-electron chi connectivity index (χ2n) is 4.40. The summed E-state index contributed by atoms with van der Waals surface area (Å²) in [6.07, 6.45) is 3.74. The van der Waals surface area contributed by atoms with E-state index in [1.807, 2.05) is 24.3 Å². The van der Waals surface area contributed by atoms with Crippen molar-refractivity contribution in [3.63, 3.8) is 0 Å². The monoisotopic (exact) mass is 344 g/mol. The molecule has 3 nitrogen and oxygen atoms in total. The Balaban J connectivity index is 1.84. The minimum atomic E-state index is 0.0916. The zero-order valence-corrected chi connectivity index (χ0v) is 11.9. The fourth-order valence-electron chi connectivity index (χ4n) is 2.09. The smallest absolute Gasteiger partial charge is 0.238 e. The third-order valence-electron chi connectivity index (χ3n) is 2.92. The molecule has 92 valence electrons. The molecule has 4 heteroatoms. The molecule has 0 spiro atoms.